The number of alkyl halides is 1. The smallest absolute Gasteiger partial charge is 0.323 e. The Morgan fingerprint density at radius 2 is 2.06 bits per heavy atom. The van der Waals surface area contributed by atoms with Crippen LogP contribution in [0.5, 0.6) is 0 Å². The van der Waals surface area contributed by atoms with Crippen LogP contribution in [-0.4, -0.2) is 34.8 Å². The predicted octanol–water partition coefficient (Wildman–Crippen LogP) is 1.73. The molecular weight excluding hydrogens is 228 g/mol. The zero-order valence-corrected chi connectivity index (χ0v) is 10.2. The van der Waals surface area contributed by atoms with Gasteiger partial charge in [0.25, 0.3) is 5.91 Å². The van der Waals surface area contributed by atoms with Crippen LogP contribution in [-0.2, 0) is 4.79 Å². The normalized spacial score (nSPS) is 25.2. The van der Waals surface area contributed by atoms with Gasteiger partial charge >= 0.3 is 6.03 Å². The molecule has 90 valence electrons. The van der Waals surface area contributed by atoms with Crippen LogP contribution in [0.2, 0.25) is 0 Å². The largest absolute Gasteiger partial charge is 0.325 e. The molecule has 0 aromatic rings. The lowest BCUT2D eigenvalue weighted by atomic mass is 9.98. The van der Waals surface area contributed by atoms with Crippen molar-refractivity contribution in [3.05, 3.63) is 0 Å². The van der Waals surface area contributed by atoms with Crippen molar-refractivity contribution in [1.29, 1.82) is 0 Å². The molecule has 0 bridgehead atoms. The predicted molar refractivity (Wildman–Crippen MR) is 61.3 cm³/mol. The van der Waals surface area contributed by atoms with E-state index in [-0.39, 0.29) is 17.9 Å². The van der Waals surface area contributed by atoms with Crippen LogP contribution in [0.4, 0.5) is 4.79 Å². The van der Waals surface area contributed by atoms with Crippen LogP contribution >= 0.6 is 11.6 Å². The first-order valence-electron chi connectivity index (χ1n) is 5.79. The van der Waals surface area contributed by atoms with Gasteiger partial charge in [-0.2, -0.15) is 0 Å². The second-order valence-corrected chi connectivity index (χ2v) is 5.20. The summed E-state index contributed by atoms with van der Waals surface area (Å²) in [6, 6.07) is -0.246. The zero-order chi connectivity index (χ0) is 11.8. The van der Waals surface area contributed by atoms with E-state index in [0.717, 1.165) is 25.7 Å². The monoisotopic (exact) mass is 244 g/mol. The van der Waals surface area contributed by atoms with E-state index in [1.165, 1.54) is 4.90 Å². The number of carbonyl (C=O) groups excluding carboxylic acids is 2. The second kappa shape index (κ2) is 4.24. The van der Waals surface area contributed by atoms with Crippen LogP contribution in [0.1, 0.15) is 32.6 Å². The maximum Gasteiger partial charge on any atom is 0.325 e. The summed E-state index contributed by atoms with van der Waals surface area (Å²) >= 11 is 5.71. The third-order valence-corrected chi connectivity index (χ3v) is 3.99. The van der Waals surface area contributed by atoms with Crippen LogP contribution in [0.25, 0.3) is 0 Å². The molecule has 1 N–H and O–H groups in total. The number of nitrogens with zero attached hydrogens (tertiary/aromatic N) is 1. The van der Waals surface area contributed by atoms with Crippen LogP contribution in [0, 0.1) is 5.92 Å². The fraction of sp³-hybridized carbons (Fsp3) is 0.818. The number of amides is 3. The van der Waals surface area contributed by atoms with E-state index >= 15 is 0 Å². The minimum Gasteiger partial charge on any atom is -0.323 e. The van der Waals surface area contributed by atoms with Gasteiger partial charge in [0.05, 0.1) is 0 Å². The highest BCUT2D eigenvalue weighted by molar-refractivity contribution is 6.18. The molecule has 2 aliphatic rings. The van der Waals surface area contributed by atoms with Crippen LogP contribution < -0.4 is 5.32 Å². The lowest BCUT2D eigenvalue weighted by Gasteiger charge is -2.21. The Hall–Kier alpha value is -0.770. The van der Waals surface area contributed by atoms with Gasteiger partial charge in [0.1, 0.15) is 5.54 Å². The molecule has 0 radical (unpaired) electrons. The topological polar surface area (TPSA) is 49.4 Å². The lowest BCUT2D eigenvalue weighted by Crippen LogP contribution is -2.44. The van der Waals surface area contributed by atoms with Gasteiger partial charge in [-0.15, -0.1) is 11.6 Å². The molecule has 3 amide bonds. The van der Waals surface area contributed by atoms with Crippen molar-refractivity contribution in [3.63, 3.8) is 0 Å². The Morgan fingerprint density at radius 3 is 2.62 bits per heavy atom. The Bertz CT molecular complexity index is 313. The van der Waals surface area contributed by atoms with Gasteiger partial charge < -0.3 is 5.32 Å². The molecule has 5 heteroatoms. The summed E-state index contributed by atoms with van der Waals surface area (Å²) < 4.78 is 0. The molecule has 0 aromatic heterocycles. The van der Waals surface area contributed by atoms with E-state index < -0.39 is 5.54 Å². The first kappa shape index (κ1) is 11.7. The Morgan fingerprint density at radius 1 is 1.44 bits per heavy atom. The van der Waals surface area contributed by atoms with E-state index in [2.05, 4.69) is 5.32 Å². The number of hydrogen-bond donors (Lipinski definition) is 1. The highest BCUT2D eigenvalue weighted by Gasteiger charge is 2.52. The number of hydrogen-bond acceptors (Lipinski definition) is 2. The average Bonchev–Trinajstić information content (AvgIpc) is 2.81. The number of carbonyl (C=O) groups is 2. The molecule has 16 heavy (non-hydrogen) atoms. The third-order valence-electron chi connectivity index (χ3n) is 3.46. The molecule has 1 saturated heterocycles. The van der Waals surface area contributed by atoms with E-state index in [9.17, 15) is 9.59 Å². The molecule has 4 nitrogen and oxygen atoms in total. The van der Waals surface area contributed by atoms with Crippen molar-refractivity contribution in [2.24, 2.45) is 5.92 Å². The summed E-state index contributed by atoms with van der Waals surface area (Å²) in [6.07, 6.45) is 3.60. The van der Waals surface area contributed by atoms with Crippen molar-refractivity contribution < 1.29 is 9.59 Å². The highest BCUT2D eigenvalue weighted by Crippen LogP contribution is 2.35. The average molecular weight is 245 g/mol. The first-order chi connectivity index (χ1) is 7.59. The number of imide groups is 1. The molecule has 1 atom stereocenters. The Labute approximate surface area is 100 Å². The lowest BCUT2D eigenvalue weighted by molar-refractivity contribution is -0.131. The van der Waals surface area contributed by atoms with Gasteiger partial charge in [-0.25, -0.2) is 4.79 Å². The number of halogens is 1. The molecule has 2 fully saturated rings. The molecule has 0 aromatic carbocycles. The van der Waals surface area contributed by atoms with Crippen LogP contribution in [0.3, 0.4) is 0 Å². The first-order valence-corrected chi connectivity index (χ1v) is 6.32. The minimum absolute atomic E-state index is 0.0491. The molecule has 1 unspecified atom stereocenters. The molecule has 2 rings (SSSR count). The van der Waals surface area contributed by atoms with Crippen LogP contribution in [0.15, 0.2) is 0 Å². The molecule has 1 saturated carbocycles. The standard InChI is InChI=1S/C11H17ClN2O2/c1-8(6-12)7-14-9(15)11(13-10(14)16)4-2-3-5-11/h8H,2-7H2,1H3,(H,13,16). The summed E-state index contributed by atoms with van der Waals surface area (Å²) in [5.74, 6) is 0.559. The van der Waals surface area contributed by atoms with Gasteiger partial charge in [0.15, 0.2) is 0 Å². The number of urea groups is 1. The van der Waals surface area contributed by atoms with Crippen molar-refractivity contribution >= 4 is 23.5 Å². The van der Waals surface area contributed by atoms with Gasteiger partial charge in [-0.05, 0) is 18.8 Å². The molecule has 1 aliphatic heterocycles. The fourth-order valence-electron chi connectivity index (χ4n) is 2.52. The summed E-state index contributed by atoms with van der Waals surface area (Å²) in [6.45, 7) is 2.36. The van der Waals surface area contributed by atoms with Gasteiger partial charge in [0, 0.05) is 12.4 Å². The van der Waals surface area contributed by atoms with Crippen molar-refractivity contribution in [2.45, 2.75) is 38.1 Å². The second-order valence-electron chi connectivity index (χ2n) is 4.89. The van der Waals surface area contributed by atoms with E-state index in [4.69, 9.17) is 11.6 Å². The van der Waals surface area contributed by atoms with E-state index in [1.807, 2.05) is 6.92 Å². The number of nitrogens with one attached hydrogen (secondary N) is 1. The Balaban J connectivity index is 2.10. The summed E-state index contributed by atoms with van der Waals surface area (Å²) in [5, 5.41) is 2.85. The molecule has 1 aliphatic carbocycles. The van der Waals surface area contributed by atoms with Crippen molar-refractivity contribution in [1.82, 2.24) is 10.2 Å². The zero-order valence-electron chi connectivity index (χ0n) is 9.46. The molecule has 1 spiro atoms. The number of rotatable bonds is 3. The summed E-state index contributed by atoms with van der Waals surface area (Å²) in [7, 11) is 0. The van der Waals surface area contributed by atoms with Crippen molar-refractivity contribution in [3.8, 4) is 0 Å². The quantitative estimate of drug-likeness (QED) is 0.607. The van der Waals surface area contributed by atoms with Gasteiger partial charge in [-0.1, -0.05) is 19.8 Å². The van der Waals surface area contributed by atoms with E-state index in [1.54, 1.807) is 0 Å². The molecular formula is C11H17ClN2O2. The SMILES string of the molecule is CC(CCl)CN1C(=O)NC2(CCCC2)C1=O. The summed E-state index contributed by atoms with van der Waals surface area (Å²) in [4.78, 5) is 25.3. The summed E-state index contributed by atoms with van der Waals surface area (Å²) in [5.41, 5.74) is -0.580. The van der Waals surface area contributed by atoms with Gasteiger partial charge in [-0.3, -0.25) is 9.69 Å². The van der Waals surface area contributed by atoms with Gasteiger partial charge in [0.2, 0.25) is 0 Å². The van der Waals surface area contributed by atoms with E-state index in [0.29, 0.717) is 12.4 Å². The fourth-order valence-corrected chi connectivity index (χ4v) is 2.62. The maximum atomic E-state index is 12.2. The maximum absolute atomic E-state index is 12.2. The Kier molecular flexibility index (Phi) is 3.10. The van der Waals surface area contributed by atoms with Crippen molar-refractivity contribution in [2.75, 3.05) is 12.4 Å². The molecule has 1 heterocycles. The third kappa shape index (κ3) is 1.79. The highest BCUT2D eigenvalue weighted by atomic mass is 35.5. The minimum atomic E-state index is -0.580.